The molecule has 1 heterocycles. The summed E-state index contributed by atoms with van der Waals surface area (Å²) in [4.78, 5) is 19.7. The van der Waals surface area contributed by atoms with Gasteiger partial charge < -0.3 is 10.2 Å². The molecule has 1 saturated heterocycles. The van der Waals surface area contributed by atoms with Crippen molar-refractivity contribution >= 4 is 17.5 Å². The first kappa shape index (κ1) is 39.6. The van der Waals surface area contributed by atoms with E-state index in [1.54, 1.807) is 0 Å². The summed E-state index contributed by atoms with van der Waals surface area (Å²) in [6.45, 7) is 9.39. The molecule has 3 saturated carbocycles. The predicted molar refractivity (Wildman–Crippen MR) is 203 cm³/mol. The number of nitrogens with one attached hydrogen (secondary N) is 1. The number of Topliss-reactive ketones (excluding diaryl/α,β-unsaturated/α-hetero) is 1. The van der Waals surface area contributed by atoms with E-state index >= 15 is 0 Å². The van der Waals surface area contributed by atoms with Crippen molar-refractivity contribution in [3.8, 4) is 0 Å². The van der Waals surface area contributed by atoms with Gasteiger partial charge in [0.15, 0.2) is 0 Å². The van der Waals surface area contributed by atoms with Crippen molar-refractivity contribution in [1.29, 1.82) is 0 Å². The molecule has 0 aromatic carbocycles. The normalized spacial score (nSPS) is 35.8. The zero-order chi connectivity index (χ0) is 34.3. The number of nitrogens with zero attached hydrogens (tertiary/aromatic N) is 1. The van der Waals surface area contributed by atoms with E-state index in [2.05, 4.69) is 61.8 Å². The molecule has 0 amide bonds. The molecule has 6 heteroatoms. The van der Waals surface area contributed by atoms with Gasteiger partial charge in [0.25, 0.3) is 0 Å². The second-order valence-electron chi connectivity index (χ2n) is 17.0. The van der Waals surface area contributed by atoms with E-state index < -0.39 is 0 Å². The Balaban J connectivity index is 1.34. The van der Waals surface area contributed by atoms with E-state index in [-0.39, 0.29) is 39.1 Å². The van der Waals surface area contributed by atoms with Crippen LogP contribution in [-0.2, 0) is 4.79 Å². The number of aliphatic hydroxyl groups excluding tert-OH is 1. The summed E-state index contributed by atoms with van der Waals surface area (Å²) in [6.07, 6.45) is 24.9. The average Bonchev–Trinajstić information content (AvgIpc) is 3.91. The summed E-state index contributed by atoms with van der Waals surface area (Å²) in [5.74, 6) is 2.81. The number of carbonyl (C=O) groups is 1. The van der Waals surface area contributed by atoms with Crippen molar-refractivity contribution in [1.82, 2.24) is 10.2 Å². The summed E-state index contributed by atoms with van der Waals surface area (Å²) in [5.41, 5.74) is 2.78. The number of rotatable bonds is 19. The molecule has 8 atom stereocenters. The van der Waals surface area contributed by atoms with E-state index in [0.717, 1.165) is 43.5 Å². The molecule has 48 heavy (non-hydrogen) atoms. The molecule has 4 nitrogen and oxygen atoms in total. The van der Waals surface area contributed by atoms with Crippen LogP contribution in [0.1, 0.15) is 149 Å². The Bertz CT molecular complexity index is 1030. The number of thioether (sulfide) groups is 1. The average molecular weight is 798 g/mol. The first-order valence-electron chi connectivity index (χ1n) is 20.7. The van der Waals surface area contributed by atoms with Crippen molar-refractivity contribution in [3.05, 3.63) is 11.1 Å². The number of halogens is 1. The topological polar surface area (TPSA) is 52.6 Å². The second-order valence-corrected chi connectivity index (χ2v) is 22.1. The Hall–Kier alpha value is 0.370. The monoisotopic (exact) mass is 797 g/mol. The molecule has 0 aromatic rings. The Kier molecular flexibility index (Phi) is 15.6. The number of hydrogen-bond donors (Lipinski definition) is 2. The van der Waals surface area contributed by atoms with Gasteiger partial charge in [-0.25, -0.2) is 0 Å². The molecule has 2 N–H and O–H groups in total. The number of ketones is 1. The van der Waals surface area contributed by atoms with Crippen LogP contribution in [0.4, 0.5) is 0 Å². The Labute approximate surface area is 311 Å². The maximum atomic E-state index is 14.9. The Morgan fingerprint density at radius 1 is 0.896 bits per heavy atom. The van der Waals surface area contributed by atoms with Gasteiger partial charge in [0.05, 0.1) is 0 Å². The number of unbranched alkanes of at least 4 members (excludes halogenated alkanes) is 4. The van der Waals surface area contributed by atoms with Gasteiger partial charge in [-0.1, -0.05) is 19.8 Å². The van der Waals surface area contributed by atoms with E-state index in [0.29, 0.717) is 38.3 Å². The fourth-order valence-electron chi connectivity index (χ4n) is 10.9. The number of alkyl halides is 2. The SMILES string of the molecule is CCN(C)CCCCCC1C(=O)C2C(=C1C1CCC(C3CCC(NC)CC3)S1)C(O)C(CCCCCC(C)(CC)[I-]C)C2C1CCCC1. The first-order valence-corrected chi connectivity index (χ1v) is 24.9. The fourth-order valence-corrected chi connectivity index (χ4v) is 14.5. The van der Waals surface area contributed by atoms with Crippen LogP contribution in [0.25, 0.3) is 0 Å². The molecule has 4 fully saturated rings. The minimum atomic E-state index is -0.379. The van der Waals surface area contributed by atoms with Crippen molar-refractivity contribution in [3.63, 3.8) is 0 Å². The molecule has 5 aliphatic rings. The van der Waals surface area contributed by atoms with Gasteiger partial charge in [-0.2, -0.15) is 0 Å². The van der Waals surface area contributed by atoms with Crippen LogP contribution in [-0.4, -0.2) is 74.0 Å². The summed E-state index contributed by atoms with van der Waals surface area (Å²) in [6, 6.07) is 0.699. The summed E-state index contributed by atoms with van der Waals surface area (Å²) in [7, 11) is 4.35. The Morgan fingerprint density at radius 3 is 2.27 bits per heavy atom. The summed E-state index contributed by atoms with van der Waals surface area (Å²) < 4.78 is 0.589. The van der Waals surface area contributed by atoms with Gasteiger partial charge >= 0.3 is 200 Å². The van der Waals surface area contributed by atoms with Gasteiger partial charge in [-0.05, 0) is 71.6 Å². The fraction of sp³-hybridized carbons (Fsp3) is 0.929. The third-order valence-electron chi connectivity index (χ3n) is 14.3. The van der Waals surface area contributed by atoms with Crippen LogP contribution in [0.2, 0.25) is 0 Å². The van der Waals surface area contributed by atoms with E-state index in [1.165, 1.54) is 120 Å². The van der Waals surface area contributed by atoms with Crippen LogP contribution in [0.15, 0.2) is 11.1 Å². The number of fused-ring (bicyclic) bond motifs is 1. The van der Waals surface area contributed by atoms with Crippen molar-refractivity contribution in [2.45, 2.75) is 175 Å². The molecule has 0 radical (unpaired) electrons. The summed E-state index contributed by atoms with van der Waals surface area (Å²) in [5, 5.41) is 17.2. The predicted octanol–water partition coefficient (Wildman–Crippen LogP) is 6.29. The Morgan fingerprint density at radius 2 is 1.60 bits per heavy atom. The molecule has 4 aliphatic carbocycles. The summed E-state index contributed by atoms with van der Waals surface area (Å²) >= 11 is 2.52. The van der Waals surface area contributed by atoms with E-state index in [4.69, 9.17) is 0 Å². The molecule has 0 aromatic heterocycles. The molecule has 5 rings (SSSR count). The second kappa shape index (κ2) is 18.9. The molecule has 0 spiro atoms. The van der Waals surface area contributed by atoms with Crippen LogP contribution < -0.4 is 26.5 Å². The third kappa shape index (κ3) is 9.29. The molecular weight excluding hydrogens is 723 g/mol. The molecule has 8 unspecified atom stereocenters. The van der Waals surface area contributed by atoms with Gasteiger partial charge in [-0.15, -0.1) is 0 Å². The zero-order valence-electron chi connectivity index (χ0n) is 31.9. The van der Waals surface area contributed by atoms with Gasteiger partial charge in [-0.3, -0.25) is 0 Å². The maximum absolute atomic E-state index is 14.9. The molecule has 278 valence electrons. The van der Waals surface area contributed by atoms with Crippen LogP contribution in [0.5, 0.6) is 0 Å². The molecule has 1 aliphatic heterocycles. The number of aliphatic hydroxyl groups is 1. The van der Waals surface area contributed by atoms with Crippen LogP contribution >= 0.6 is 11.8 Å². The number of hydrogen-bond acceptors (Lipinski definition) is 5. The number of carbonyl (C=O) groups excluding carboxylic acids is 1. The van der Waals surface area contributed by atoms with Crippen LogP contribution in [0, 0.1) is 35.5 Å². The van der Waals surface area contributed by atoms with Gasteiger partial charge in [0, 0.05) is 11.3 Å². The van der Waals surface area contributed by atoms with E-state index in [9.17, 15) is 9.90 Å². The van der Waals surface area contributed by atoms with Gasteiger partial charge in [0.2, 0.25) is 0 Å². The van der Waals surface area contributed by atoms with Crippen molar-refractivity contribution < 1.29 is 31.1 Å². The van der Waals surface area contributed by atoms with E-state index in [1.807, 2.05) is 0 Å². The standard InChI is InChI=1S/C42H74IN2O2S/c1-7-42(3,43-4)27-15-9-11-19-32-36(30-17-13-14-18-30)38-39(40(32)46)37(33(41(38)47)20-12-10-16-28-45(6)8-2)35-26-25-34(48-35)29-21-23-31(44-5)24-22-29/h29-36,38,40,44,46H,7-28H2,1-6H3/q-1. The third-order valence-corrected chi connectivity index (χ3v) is 20.0. The zero-order valence-corrected chi connectivity index (χ0v) is 34.9. The van der Waals surface area contributed by atoms with Crippen molar-refractivity contribution in [2.75, 3.05) is 32.1 Å². The van der Waals surface area contributed by atoms with Crippen molar-refractivity contribution in [2.24, 2.45) is 35.5 Å². The minimum absolute atomic E-state index is 0.0262. The molecular formula is C42H74IN2O2S-. The van der Waals surface area contributed by atoms with Crippen LogP contribution in [0.3, 0.4) is 0 Å². The molecule has 0 bridgehead atoms. The van der Waals surface area contributed by atoms with Gasteiger partial charge in [0.1, 0.15) is 0 Å². The quantitative estimate of drug-likeness (QED) is 0.0698. The first-order chi connectivity index (χ1) is 23.2.